The molecule has 0 rings (SSSR count). The predicted molar refractivity (Wildman–Crippen MR) is 43.1 cm³/mol. The minimum atomic E-state index is 0.639. The van der Waals surface area contributed by atoms with Crippen LogP contribution >= 0.6 is 0 Å². The summed E-state index contributed by atoms with van der Waals surface area (Å²) in [7, 11) is 0. The van der Waals surface area contributed by atoms with Crippen LogP contribution in [0.25, 0.3) is 0 Å². The second kappa shape index (κ2) is 4.37. The van der Waals surface area contributed by atoms with E-state index in [2.05, 4.69) is 26.8 Å². The lowest BCUT2D eigenvalue weighted by atomic mass is 10.2. The van der Waals surface area contributed by atoms with Gasteiger partial charge in [0.25, 0.3) is 0 Å². The Labute approximate surface area is 58.3 Å². The third kappa shape index (κ3) is 7.48. The molecule has 0 heteroatoms. The Morgan fingerprint density at radius 1 is 1.44 bits per heavy atom. The molecule has 0 aromatic heterocycles. The van der Waals surface area contributed by atoms with E-state index in [4.69, 9.17) is 0 Å². The van der Waals surface area contributed by atoms with Crippen molar-refractivity contribution in [2.75, 3.05) is 0 Å². The van der Waals surface area contributed by atoms with Gasteiger partial charge in [-0.2, -0.15) is 0 Å². The molecule has 0 saturated carbocycles. The molecular weight excluding hydrogens is 108 g/mol. The van der Waals surface area contributed by atoms with Crippen molar-refractivity contribution in [2.45, 2.75) is 20.8 Å². The molecule has 0 bridgehead atoms. The largest absolute Gasteiger partial charge is 0.0820 e. The minimum absolute atomic E-state index is 0.639. The third-order valence-corrected chi connectivity index (χ3v) is 0.877. The van der Waals surface area contributed by atoms with Gasteiger partial charge in [0.2, 0.25) is 0 Å². The summed E-state index contributed by atoms with van der Waals surface area (Å²) in [5, 5.41) is 0. The normalized spacial score (nSPS) is 13.7. The first-order valence-electron chi connectivity index (χ1n) is 3.30. The zero-order valence-electron chi connectivity index (χ0n) is 6.52. The first-order valence-corrected chi connectivity index (χ1v) is 3.30. The molecule has 0 spiro atoms. The fourth-order valence-electron chi connectivity index (χ4n) is 0.442. The Hall–Kier alpha value is -0.520. The van der Waals surface area contributed by atoms with Crippen LogP contribution in [0.4, 0.5) is 0 Å². The standard InChI is InChI=1S/C9H15/c1-8(2)6-5-7-9(3)4/h5-7,9H,1H2,2-4H3. The topological polar surface area (TPSA) is 0 Å². The molecule has 9 heavy (non-hydrogen) atoms. The van der Waals surface area contributed by atoms with Crippen molar-refractivity contribution in [2.24, 2.45) is 5.92 Å². The maximum Gasteiger partial charge on any atom is -0.0283 e. The summed E-state index contributed by atoms with van der Waals surface area (Å²) in [6, 6.07) is 0. The number of hydrogen-bond acceptors (Lipinski definition) is 0. The predicted octanol–water partition coefficient (Wildman–Crippen LogP) is 2.98. The Morgan fingerprint density at radius 2 is 2.00 bits per heavy atom. The Morgan fingerprint density at radius 3 is 2.33 bits per heavy atom. The molecule has 0 aliphatic heterocycles. The Kier molecular flexibility index (Phi) is 4.12. The molecule has 1 radical (unpaired) electrons. The second-order valence-corrected chi connectivity index (χ2v) is 2.64. The van der Waals surface area contributed by atoms with Crippen LogP contribution in [0.2, 0.25) is 0 Å². The lowest BCUT2D eigenvalue weighted by Gasteiger charge is -1.89. The SMILES string of the molecule is [CH2]C(C)=CC=CC(C)C. The fraction of sp³-hybridized carbons (Fsp3) is 0.444. The van der Waals surface area contributed by atoms with Crippen molar-refractivity contribution in [3.8, 4) is 0 Å². The van der Waals surface area contributed by atoms with Crippen LogP contribution in [-0.2, 0) is 0 Å². The summed E-state index contributed by atoms with van der Waals surface area (Å²) < 4.78 is 0. The zero-order chi connectivity index (χ0) is 7.28. The van der Waals surface area contributed by atoms with Crippen LogP contribution < -0.4 is 0 Å². The summed E-state index contributed by atoms with van der Waals surface area (Å²) in [6.07, 6.45) is 6.21. The molecule has 0 aromatic carbocycles. The molecule has 0 unspecified atom stereocenters. The highest BCUT2D eigenvalue weighted by Gasteiger charge is 1.79. The fourth-order valence-corrected chi connectivity index (χ4v) is 0.442. The molecule has 51 valence electrons. The van der Waals surface area contributed by atoms with Crippen LogP contribution in [0.3, 0.4) is 0 Å². The smallest absolute Gasteiger partial charge is 0.0283 e. The maximum atomic E-state index is 3.75. The van der Waals surface area contributed by atoms with Gasteiger partial charge in [0.15, 0.2) is 0 Å². The van der Waals surface area contributed by atoms with Crippen LogP contribution in [0.15, 0.2) is 23.8 Å². The van der Waals surface area contributed by atoms with Crippen LogP contribution in [0.5, 0.6) is 0 Å². The van der Waals surface area contributed by atoms with Crippen molar-refractivity contribution in [1.29, 1.82) is 0 Å². The average molecular weight is 123 g/mol. The molecule has 0 aliphatic rings. The Balaban J connectivity index is 3.60. The molecule has 0 atom stereocenters. The highest BCUT2D eigenvalue weighted by atomic mass is 13.9. The lowest BCUT2D eigenvalue weighted by Crippen LogP contribution is -1.74. The monoisotopic (exact) mass is 123 g/mol. The summed E-state index contributed by atoms with van der Waals surface area (Å²) in [5.74, 6) is 0.639. The van der Waals surface area contributed by atoms with Crippen molar-refractivity contribution in [3.63, 3.8) is 0 Å². The van der Waals surface area contributed by atoms with E-state index in [0.29, 0.717) is 5.92 Å². The molecule has 0 aromatic rings. The van der Waals surface area contributed by atoms with Crippen molar-refractivity contribution < 1.29 is 0 Å². The van der Waals surface area contributed by atoms with E-state index in [1.807, 2.05) is 19.1 Å². The van der Waals surface area contributed by atoms with Crippen molar-refractivity contribution >= 4 is 0 Å². The molecular formula is C9H15. The van der Waals surface area contributed by atoms with E-state index < -0.39 is 0 Å². The van der Waals surface area contributed by atoms with Crippen molar-refractivity contribution in [3.05, 3.63) is 30.7 Å². The number of allylic oxidation sites excluding steroid dienone is 4. The summed E-state index contributed by atoms with van der Waals surface area (Å²) >= 11 is 0. The van der Waals surface area contributed by atoms with Gasteiger partial charge in [0, 0.05) is 0 Å². The quantitative estimate of drug-likeness (QED) is 0.495. The Bertz CT molecular complexity index is 112. The summed E-state index contributed by atoms with van der Waals surface area (Å²) in [4.78, 5) is 0. The van der Waals surface area contributed by atoms with Crippen LogP contribution in [-0.4, -0.2) is 0 Å². The third-order valence-electron chi connectivity index (χ3n) is 0.877. The van der Waals surface area contributed by atoms with Gasteiger partial charge in [-0.05, 0) is 19.8 Å². The average Bonchev–Trinajstić information content (AvgIpc) is 1.63. The highest BCUT2D eigenvalue weighted by Crippen LogP contribution is 1.95. The molecule has 0 fully saturated rings. The van der Waals surface area contributed by atoms with Crippen LogP contribution in [0.1, 0.15) is 20.8 Å². The molecule has 0 amide bonds. The van der Waals surface area contributed by atoms with Gasteiger partial charge < -0.3 is 0 Å². The van der Waals surface area contributed by atoms with E-state index in [0.717, 1.165) is 5.57 Å². The van der Waals surface area contributed by atoms with Crippen LogP contribution in [0, 0.1) is 12.8 Å². The first-order chi connectivity index (χ1) is 4.13. The van der Waals surface area contributed by atoms with E-state index in [-0.39, 0.29) is 0 Å². The molecule has 0 aliphatic carbocycles. The van der Waals surface area contributed by atoms with Gasteiger partial charge in [-0.3, -0.25) is 0 Å². The molecule has 0 saturated heterocycles. The van der Waals surface area contributed by atoms with Gasteiger partial charge in [0.05, 0.1) is 0 Å². The summed E-state index contributed by atoms with van der Waals surface area (Å²) in [6.45, 7) is 10.0. The van der Waals surface area contributed by atoms with Gasteiger partial charge in [-0.1, -0.05) is 37.6 Å². The van der Waals surface area contributed by atoms with Crippen molar-refractivity contribution in [1.82, 2.24) is 0 Å². The number of hydrogen-bond donors (Lipinski definition) is 0. The van der Waals surface area contributed by atoms with E-state index in [1.54, 1.807) is 0 Å². The van der Waals surface area contributed by atoms with E-state index in [9.17, 15) is 0 Å². The molecule has 0 nitrogen and oxygen atoms in total. The zero-order valence-corrected chi connectivity index (χ0v) is 6.52. The van der Waals surface area contributed by atoms with Gasteiger partial charge >= 0.3 is 0 Å². The molecule has 0 heterocycles. The first kappa shape index (κ1) is 8.48. The number of rotatable bonds is 2. The van der Waals surface area contributed by atoms with Gasteiger partial charge in [-0.15, -0.1) is 0 Å². The second-order valence-electron chi connectivity index (χ2n) is 2.64. The summed E-state index contributed by atoms with van der Waals surface area (Å²) in [5.41, 5.74) is 1.10. The van der Waals surface area contributed by atoms with E-state index in [1.165, 1.54) is 0 Å². The van der Waals surface area contributed by atoms with Gasteiger partial charge in [-0.25, -0.2) is 0 Å². The maximum absolute atomic E-state index is 3.75. The van der Waals surface area contributed by atoms with Gasteiger partial charge in [0.1, 0.15) is 0 Å². The highest BCUT2D eigenvalue weighted by molar-refractivity contribution is 5.12. The lowest BCUT2D eigenvalue weighted by molar-refractivity contribution is 0.832. The van der Waals surface area contributed by atoms with E-state index >= 15 is 0 Å². The minimum Gasteiger partial charge on any atom is -0.0820 e. The molecule has 0 N–H and O–H groups in total.